The molecule has 0 saturated heterocycles. The molecule has 0 aromatic heterocycles. The van der Waals surface area contributed by atoms with E-state index in [0.717, 1.165) is 19.1 Å². The van der Waals surface area contributed by atoms with Gasteiger partial charge in [0.15, 0.2) is 0 Å². The van der Waals surface area contributed by atoms with Gasteiger partial charge < -0.3 is 15.4 Å². The van der Waals surface area contributed by atoms with Crippen LogP contribution in [0, 0.1) is 5.92 Å². The zero-order valence-corrected chi connectivity index (χ0v) is 15.5. The lowest BCUT2D eigenvalue weighted by Crippen LogP contribution is -2.56. The molecule has 0 radical (unpaired) electrons. The summed E-state index contributed by atoms with van der Waals surface area (Å²) in [6, 6.07) is -0.315. The minimum Gasteiger partial charge on any atom is -0.362 e. The molecule has 140 valence electrons. The minimum atomic E-state index is -1.20. The highest BCUT2D eigenvalue weighted by atomic mass is 35.5. The average molecular weight is 380 g/mol. The van der Waals surface area contributed by atoms with Gasteiger partial charge in [0, 0.05) is 17.3 Å². The van der Waals surface area contributed by atoms with Gasteiger partial charge in [-0.1, -0.05) is 18.5 Å². The summed E-state index contributed by atoms with van der Waals surface area (Å²) < 4.78 is 14.2. The highest BCUT2D eigenvalue weighted by Crippen LogP contribution is 2.26. The van der Waals surface area contributed by atoms with Gasteiger partial charge in [0.25, 0.3) is 0 Å². The SMILES string of the molecule is C/C=N\N1C(=NC2CC2)C=C(NC2C=C(Cl)C=CC2F)NC1C(C)C=O. The number of nitrogens with zero attached hydrogens (tertiary/aromatic N) is 3. The summed E-state index contributed by atoms with van der Waals surface area (Å²) in [6.07, 6.45) is 9.39. The minimum absolute atomic E-state index is 0.281. The van der Waals surface area contributed by atoms with Gasteiger partial charge in [-0.25, -0.2) is 9.40 Å². The number of hydrazone groups is 1. The molecule has 26 heavy (non-hydrogen) atoms. The lowest BCUT2D eigenvalue weighted by atomic mass is 10.1. The largest absolute Gasteiger partial charge is 0.362 e. The summed E-state index contributed by atoms with van der Waals surface area (Å²) in [7, 11) is 0. The third kappa shape index (κ3) is 4.33. The van der Waals surface area contributed by atoms with Gasteiger partial charge in [-0.05, 0) is 38.0 Å². The van der Waals surface area contributed by atoms with Crippen molar-refractivity contribution in [2.75, 3.05) is 0 Å². The quantitative estimate of drug-likeness (QED) is 0.549. The van der Waals surface area contributed by atoms with Gasteiger partial charge in [0.05, 0.1) is 18.0 Å². The zero-order valence-electron chi connectivity index (χ0n) is 14.8. The standard InChI is InChI=1S/C18H23ClFN5O/c1-3-21-25-17(22-13-5-6-13)9-16(24-18(25)11(2)10-26)23-15-8-12(19)4-7-14(15)20/h3-4,7-11,13-15,18,23-24H,5-6H2,1-2H3/b21-3-,22-17?. The Labute approximate surface area is 157 Å². The lowest BCUT2D eigenvalue weighted by Gasteiger charge is -2.38. The third-order valence-electron chi connectivity index (χ3n) is 4.33. The molecule has 2 aliphatic carbocycles. The van der Waals surface area contributed by atoms with E-state index < -0.39 is 18.4 Å². The van der Waals surface area contributed by atoms with E-state index >= 15 is 0 Å². The number of aldehydes is 1. The number of amidine groups is 1. The van der Waals surface area contributed by atoms with Crippen LogP contribution in [-0.4, -0.2) is 47.8 Å². The van der Waals surface area contributed by atoms with Gasteiger partial charge in [0.2, 0.25) is 0 Å². The Bertz CT molecular complexity index is 698. The molecule has 0 spiro atoms. The summed E-state index contributed by atoms with van der Waals surface area (Å²) in [5, 5.41) is 12.9. The van der Waals surface area contributed by atoms with Crippen LogP contribution in [0.1, 0.15) is 26.7 Å². The van der Waals surface area contributed by atoms with Crippen molar-refractivity contribution in [3.05, 3.63) is 35.2 Å². The van der Waals surface area contributed by atoms with Crippen molar-refractivity contribution in [1.82, 2.24) is 15.6 Å². The number of halogens is 2. The number of nitrogens with one attached hydrogen (secondary N) is 2. The number of aliphatic imine (C=N–C) groups is 1. The number of carbonyl (C=O) groups is 1. The first kappa shape index (κ1) is 18.6. The summed E-state index contributed by atoms with van der Waals surface area (Å²) in [5.74, 6) is 0.900. The summed E-state index contributed by atoms with van der Waals surface area (Å²) >= 11 is 6.00. The molecular formula is C18H23ClFN5O. The second-order valence-electron chi connectivity index (χ2n) is 6.60. The van der Waals surface area contributed by atoms with Gasteiger partial charge in [-0.3, -0.25) is 4.99 Å². The molecule has 0 bridgehead atoms. The Morgan fingerprint density at radius 3 is 2.92 bits per heavy atom. The molecule has 1 aliphatic heterocycles. The summed E-state index contributed by atoms with van der Waals surface area (Å²) in [6.45, 7) is 3.61. The smallest absolute Gasteiger partial charge is 0.150 e. The molecule has 8 heteroatoms. The molecule has 1 fully saturated rings. The van der Waals surface area contributed by atoms with Crippen LogP contribution in [-0.2, 0) is 4.79 Å². The second kappa shape index (κ2) is 8.03. The molecule has 0 aromatic rings. The number of alkyl halides is 1. The summed E-state index contributed by atoms with van der Waals surface area (Å²) in [4.78, 5) is 16.1. The van der Waals surface area contributed by atoms with E-state index in [1.807, 2.05) is 6.92 Å². The second-order valence-corrected chi connectivity index (χ2v) is 7.04. The maximum Gasteiger partial charge on any atom is 0.150 e. The predicted molar refractivity (Wildman–Crippen MR) is 102 cm³/mol. The van der Waals surface area contributed by atoms with Crippen molar-refractivity contribution in [2.45, 2.75) is 51.1 Å². The number of rotatable bonds is 6. The van der Waals surface area contributed by atoms with E-state index in [0.29, 0.717) is 16.7 Å². The van der Waals surface area contributed by atoms with Crippen LogP contribution >= 0.6 is 11.6 Å². The first-order valence-corrected chi connectivity index (χ1v) is 9.15. The molecule has 1 heterocycles. The number of hydrogen-bond acceptors (Lipinski definition) is 5. The van der Waals surface area contributed by atoms with Crippen LogP contribution in [0.2, 0.25) is 0 Å². The van der Waals surface area contributed by atoms with Crippen molar-refractivity contribution in [2.24, 2.45) is 16.0 Å². The molecular weight excluding hydrogens is 357 g/mol. The molecule has 0 amide bonds. The van der Waals surface area contributed by atoms with Gasteiger partial charge >= 0.3 is 0 Å². The van der Waals surface area contributed by atoms with Gasteiger partial charge in [-0.2, -0.15) is 5.10 Å². The van der Waals surface area contributed by atoms with Crippen molar-refractivity contribution >= 4 is 29.9 Å². The van der Waals surface area contributed by atoms with E-state index in [-0.39, 0.29) is 12.0 Å². The molecule has 6 nitrogen and oxygen atoms in total. The van der Waals surface area contributed by atoms with E-state index in [1.54, 1.807) is 36.4 Å². The van der Waals surface area contributed by atoms with E-state index in [2.05, 4.69) is 15.7 Å². The zero-order chi connectivity index (χ0) is 18.7. The Kier molecular flexibility index (Phi) is 5.76. The number of hydrogen-bond donors (Lipinski definition) is 2. The van der Waals surface area contributed by atoms with Crippen LogP contribution in [0.25, 0.3) is 0 Å². The first-order chi connectivity index (χ1) is 12.5. The highest BCUT2D eigenvalue weighted by Gasteiger charge is 2.33. The van der Waals surface area contributed by atoms with E-state index in [4.69, 9.17) is 16.6 Å². The van der Waals surface area contributed by atoms with Crippen molar-refractivity contribution in [3.63, 3.8) is 0 Å². The van der Waals surface area contributed by atoms with Crippen molar-refractivity contribution in [1.29, 1.82) is 0 Å². The molecule has 0 aromatic carbocycles. The molecule has 4 atom stereocenters. The number of allylic oxidation sites excluding steroid dienone is 2. The van der Waals surface area contributed by atoms with Crippen LogP contribution in [0.4, 0.5) is 4.39 Å². The van der Waals surface area contributed by atoms with Gasteiger partial charge in [0.1, 0.15) is 30.3 Å². The topological polar surface area (TPSA) is 69.1 Å². The van der Waals surface area contributed by atoms with Crippen molar-refractivity contribution in [3.8, 4) is 0 Å². The molecule has 1 saturated carbocycles. The average Bonchev–Trinajstić information content (AvgIpc) is 3.43. The normalized spacial score (nSPS) is 31.5. The fraction of sp³-hybridized carbons (Fsp3) is 0.500. The van der Waals surface area contributed by atoms with Crippen LogP contribution in [0.15, 0.2) is 45.3 Å². The van der Waals surface area contributed by atoms with Crippen LogP contribution < -0.4 is 10.6 Å². The van der Waals surface area contributed by atoms with Gasteiger partial charge in [-0.15, -0.1) is 0 Å². The highest BCUT2D eigenvalue weighted by molar-refractivity contribution is 6.31. The lowest BCUT2D eigenvalue weighted by molar-refractivity contribution is -0.112. The molecule has 3 aliphatic rings. The summed E-state index contributed by atoms with van der Waals surface area (Å²) in [5.41, 5.74) is 0. The van der Waals surface area contributed by atoms with Crippen LogP contribution in [0.3, 0.4) is 0 Å². The van der Waals surface area contributed by atoms with E-state index in [9.17, 15) is 9.18 Å². The monoisotopic (exact) mass is 379 g/mol. The first-order valence-electron chi connectivity index (χ1n) is 8.77. The molecule has 2 N–H and O–H groups in total. The fourth-order valence-electron chi connectivity index (χ4n) is 2.78. The fourth-order valence-corrected chi connectivity index (χ4v) is 2.99. The predicted octanol–water partition coefficient (Wildman–Crippen LogP) is 2.45. The Morgan fingerprint density at radius 1 is 1.50 bits per heavy atom. The molecule has 4 unspecified atom stereocenters. The third-order valence-corrected chi connectivity index (χ3v) is 4.58. The molecule has 3 rings (SSSR count). The van der Waals surface area contributed by atoms with E-state index in [1.165, 1.54) is 6.08 Å². The van der Waals surface area contributed by atoms with Crippen molar-refractivity contribution < 1.29 is 9.18 Å². The maximum absolute atomic E-state index is 14.2. The Morgan fingerprint density at radius 2 is 2.27 bits per heavy atom. The maximum atomic E-state index is 14.2. The Balaban J connectivity index is 1.88. The van der Waals surface area contributed by atoms with Crippen LogP contribution in [0.5, 0.6) is 0 Å². The Hall–Kier alpha value is -2.15. The number of carbonyl (C=O) groups excluding carboxylic acids is 1.